The zero-order chi connectivity index (χ0) is 17.6. The highest BCUT2D eigenvalue weighted by Gasteiger charge is 2.47. The molecule has 2 fully saturated rings. The van der Waals surface area contributed by atoms with Gasteiger partial charge in [0.05, 0.1) is 24.9 Å². The maximum absolute atomic E-state index is 12.3. The fraction of sp³-hybridized carbons (Fsp3) is 0.579. The van der Waals surface area contributed by atoms with Gasteiger partial charge in [0, 0.05) is 18.9 Å². The van der Waals surface area contributed by atoms with Gasteiger partial charge in [0.25, 0.3) is 0 Å². The Hall–Kier alpha value is -2.24. The third kappa shape index (κ3) is 4.24. The first-order valence-electron chi connectivity index (χ1n) is 9.06. The van der Waals surface area contributed by atoms with Crippen LogP contribution in [0.1, 0.15) is 44.1 Å². The van der Waals surface area contributed by atoms with E-state index in [2.05, 4.69) is 4.98 Å². The highest BCUT2D eigenvalue weighted by atomic mass is 16.5. The maximum atomic E-state index is 12.3. The largest absolute Gasteiger partial charge is 0.466 e. The van der Waals surface area contributed by atoms with Gasteiger partial charge in [-0.2, -0.15) is 0 Å². The Balaban J connectivity index is 1.37. The predicted molar refractivity (Wildman–Crippen MR) is 90.3 cm³/mol. The number of aromatic nitrogens is 1. The molecule has 25 heavy (non-hydrogen) atoms. The number of pyridine rings is 1. The minimum Gasteiger partial charge on any atom is -0.466 e. The van der Waals surface area contributed by atoms with Crippen LogP contribution in [0, 0.1) is 11.8 Å². The summed E-state index contributed by atoms with van der Waals surface area (Å²) in [6.45, 7) is 0.479. The first kappa shape index (κ1) is 17.6. The first-order chi connectivity index (χ1) is 12.2. The summed E-state index contributed by atoms with van der Waals surface area (Å²) in [5.41, 5.74) is 1.11. The van der Waals surface area contributed by atoms with Crippen molar-refractivity contribution in [2.75, 3.05) is 13.2 Å². The molecule has 0 spiro atoms. The number of hydrogen-bond donors (Lipinski definition) is 0. The van der Waals surface area contributed by atoms with Crippen molar-refractivity contribution in [1.82, 2.24) is 9.88 Å². The second-order valence-corrected chi connectivity index (χ2v) is 6.76. The molecule has 2 aliphatic rings. The number of likely N-dealkylation sites (tertiary alicyclic amines) is 1. The summed E-state index contributed by atoms with van der Waals surface area (Å²) in [5.74, 6) is -0.867. The Labute approximate surface area is 147 Å². The van der Waals surface area contributed by atoms with E-state index in [1.807, 2.05) is 12.1 Å². The molecule has 1 aliphatic heterocycles. The molecule has 1 aromatic heterocycles. The third-order valence-electron chi connectivity index (χ3n) is 5.07. The molecule has 2 amide bonds. The minimum atomic E-state index is -0.360. The van der Waals surface area contributed by atoms with E-state index in [0.717, 1.165) is 44.1 Å². The molecule has 0 radical (unpaired) electrons. The summed E-state index contributed by atoms with van der Waals surface area (Å²) in [6, 6.07) is 3.86. The number of hydrogen-bond acceptors (Lipinski definition) is 5. The quantitative estimate of drug-likeness (QED) is 0.430. The van der Waals surface area contributed by atoms with E-state index in [1.54, 1.807) is 12.4 Å². The lowest BCUT2D eigenvalue weighted by Crippen LogP contribution is -2.33. The van der Waals surface area contributed by atoms with E-state index in [-0.39, 0.29) is 42.6 Å². The lowest BCUT2D eigenvalue weighted by molar-refractivity contribution is -0.145. The molecule has 1 aromatic rings. The normalized spacial score (nSPS) is 22.8. The zero-order valence-corrected chi connectivity index (χ0v) is 14.4. The van der Waals surface area contributed by atoms with Crippen molar-refractivity contribution in [3.63, 3.8) is 0 Å². The summed E-state index contributed by atoms with van der Waals surface area (Å²) in [5, 5.41) is 0. The zero-order valence-electron chi connectivity index (χ0n) is 14.4. The summed E-state index contributed by atoms with van der Waals surface area (Å²) in [7, 11) is 0. The van der Waals surface area contributed by atoms with Gasteiger partial charge in [0.2, 0.25) is 11.8 Å². The number of aryl methyl sites for hydroxylation is 1. The standard InChI is InChI=1S/C19H24N2O4/c22-17(25-12-4-6-14-5-3-10-20-13-14)9-11-21-18(23)15-7-1-2-8-16(15)19(21)24/h3,5,10,13,15-16H,1-2,4,6-9,11-12H2. The van der Waals surface area contributed by atoms with E-state index in [9.17, 15) is 14.4 Å². The molecule has 0 N–H and O–H groups in total. The lowest BCUT2D eigenvalue weighted by Gasteiger charge is -2.19. The monoisotopic (exact) mass is 344 g/mol. The van der Waals surface area contributed by atoms with Crippen molar-refractivity contribution in [3.05, 3.63) is 30.1 Å². The van der Waals surface area contributed by atoms with Gasteiger partial charge in [-0.3, -0.25) is 24.3 Å². The Morgan fingerprint density at radius 1 is 1.20 bits per heavy atom. The predicted octanol–water partition coefficient (Wildman–Crippen LogP) is 2.12. The van der Waals surface area contributed by atoms with Gasteiger partial charge >= 0.3 is 5.97 Å². The second kappa shape index (κ2) is 8.23. The van der Waals surface area contributed by atoms with Crippen LogP contribution in [0.2, 0.25) is 0 Å². The van der Waals surface area contributed by atoms with Crippen LogP contribution < -0.4 is 0 Å². The number of nitrogens with zero attached hydrogens (tertiary/aromatic N) is 2. The molecule has 0 bridgehead atoms. The molecule has 1 saturated carbocycles. The van der Waals surface area contributed by atoms with Gasteiger partial charge in [0.15, 0.2) is 0 Å². The Bertz CT molecular complexity index is 608. The average Bonchev–Trinajstić information content (AvgIpc) is 2.89. The van der Waals surface area contributed by atoms with Gasteiger partial charge in [-0.15, -0.1) is 0 Å². The molecular formula is C19H24N2O4. The van der Waals surface area contributed by atoms with Crippen LogP contribution in [-0.4, -0.2) is 40.8 Å². The summed E-state index contributed by atoms with van der Waals surface area (Å²) >= 11 is 0. The SMILES string of the molecule is O=C(CCN1C(=O)C2CCCCC2C1=O)OCCCc1cccnc1. The first-order valence-corrected chi connectivity index (χ1v) is 9.06. The van der Waals surface area contributed by atoms with Crippen molar-refractivity contribution in [2.24, 2.45) is 11.8 Å². The third-order valence-corrected chi connectivity index (χ3v) is 5.07. The van der Waals surface area contributed by atoms with Crippen molar-refractivity contribution in [2.45, 2.75) is 44.9 Å². The van der Waals surface area contributed by atoms with Crippen molar-refractivity contribution in [3.8, 4) is 0 Å². The van der Waals surface area contributed by atoms with Crippen LogP contribution in [-0.2, 0) is 25.5 Å². The summed E-state index contributed by atoms with van der Waals surface area (Å²) in [6.07, 6.45) is 8.72. The van der Waals surface area contributed by atoms with Gasteiger partial charge in [-0.05, 0) is 37.3 Å². The lowest BCUT2D eigenvalue weighted by atomic mass is 9.81. The van der Waals surface area contributed by atoms with Crippen LogP contribution >= 0.6 is 0 Å². The van der Waals surface area contributed by atoms with E-state index < -0.39 is 0 Å². The number of imide groups is 1. The van der Waals surface area contributed by atoms with E-state index >= 15 is 0 Å². The molecule has 2 atom stereocenters. The van der Waals surface area contributed by atoms with Gasteiger partial charge in [0.1, 0.15) is 0 Å². The van der Waals surface area contributed by atoms with Crippen LogP contribution in [0.15, 0.2) is 24.5 Å². The number of esters is 1. The van der Waals surface area contributed by atoms with Crippen LogP contribution in [0.25, 0.3) is 0 Å². The number of carbonyl (C=O) groups is 3. The molecule has 2 heterocycles. The molecule has 6 heteroatoms. The number of rotatable bonds is 7. The van der Waals surface area contributed by atoms with Crippen molar-refractivity contribution < 1.29 is 19.1 Å². The highest BCUT2D eigenvalue weighted by Crippen LogP contribution is 2.37. The smallest absolute Gasteiger partial charge is 0.307 e. The summed E-state index contributed by atoms with van der Waals surface area (Å²) in [4.78, 5) is 41.8. The Morgan fingerprint density at radius 3 is 2.56 bits per heavy atom. The van der Waals surface area contributed by atoms with Crippen LogP contribution in [0.4, 0.5) is 0 Å². The van der Waals surface area contributed by atoms with Crippen molar-refractivity contribution >= 4 is 17.8 Å². The van der Waals surface area contributed by atoms with E-state index in [1.165, 1.54) is 4.90 Å². The molecule has 6 nitrogen and oxygen atoms in total. The highest BCUT2D eigenvalue weighted by molar-refractivity contribution is 6.05. The molecule has 1 aliphatic carbocycles. The molecule has 0 aromatic carbocycles. The van der Waals surface area contributed by atoms with Gasteiger partial charge in [-0.1, -0.05) is 18.9 Å². The van der Waals surface area contributed by atoms with Crippen LogP contribution in [0.3, 0.4) is 0 Å². The molecule has 3 rings (SSSR count). The average molecular weight is 344 g/mol. The Kier molecular flexibility index (Phi) is 5.79. The van der Waals surface area contributed by atoms with E-state index in [0.29, 0.717) is 6.61 Å². The number of amides is 2. The van der Waals surface area contributed by atoms with E-state index in [4.69, 9.17) is 4.74 Å². The molecular weight excluding hydrogens is 320 g/mol. The number of ether oxygens (including phenoxy) is 1. The fourth-order valence-corrected chi connectivity index (χ4v) is 3.73. The molecule has 2 unspecified atom stereocenters. The topological polar surface area (TPSA) is 76.6 Å². The van der Waals surface area contributed by atoms with Gasteiger partial charge in [-0.25, -0.2) is 0 Å². The summed E-state index contributed by atoms with van der Waals surface area (Å²) < 4.78 is 5.20. The number of carbonyl (C=O) groups excluding carboxylic acids is 3. The second-order valence-electron chi connectivity index (χ2n) is 6.76. The molecule has 134 valence electrons. The molecule has 1 saturated heterocycles. The fourth-order valence-electron chi connectivity index (χ4n) is 3.73. The Morgan fingerprint density at radius 2 is 1.92 bits per heavy atom. The van der Waals surface area contributed by atoms with Gasteiger partial charge < -0.3 is 4.74 Å². The number of fused-ring (bicyclic) bond motifs is 1. The van der Waals surface area contributed by atoms with Crippen molar-refractivity contribution in [1.29, 1.82) is 0 Å². The minimum absolute atomic E-state index is 0.0732. The van der Waals surface area contributed by atoms with Crippen LogP contribution in [0.5, 0.6) is 0 Å². The maximum Gasteiger partial charge on any atom is 0.307 e.